The van der Waals surface area contributed by atoms with Gasteiger partial charge in [0.2, 0.25) is 0 Å². The molecule has 0 atom stereocenters. The van der Waals surface area contributed by atoms with Gasteiger partial charge in [-0.2, -0.15) is 0 Å². The third-order valence-corrected chi connectivity index (χ3v) is 3.36. The Balaban J connectivity index is 2.02. The summed E-state index contributed by atoms with van der Waals surface area (Å²) >= 11 is 3.44. The van der Waals surface area contributed by atoms with Crippen LogP contribution in [0.15, 0.2) is 65.1 Å². The first-order valence-corrected chi connectivity index (χ1v) is 6.54. The Hall–Kier alpha value is -1.67. The molecule has 0 saturated heterocycles. The first kappa shape index (κ1) is 12.8. The fraction of sp³-hybridized carbons (Fsp3) is 0.0625. The zero-order valence-corrected chi connectivity index (χ0v) is 11.4. The van der Waals surface area contributed by atoms with Gasteiger partial charge in [0.15, 0.2) is 5.78 Å². The fourth-order valence-electron chi connectivity index (χ4n) is 1.64. The third kappa shape index (κ3) is 3.67. The number of hydrogen-bond acceptors (Lipinski definition) is 1. The van der Waals surface area contributed by atoms with E-state index in [-0.39, 0.29) is 5.78 Å². The van der Waals surface area contributed by atoms with E-state index in [1.165, 1.54) is 0 Å². The van der Waals surface area contributed by atoms with Gasteiger partial charge in [-0.15, -0.1) is 0 Å². The lowest BCUT2D eigenvalue weighted by Crippen LogP contribution is -1.98. The molecule has 0 aromatic heterocycles. The number of carbonyl (C=O) groups excluding carboxylic acids is 1. The van der Waals surface area contributed by atoms with E-state index in [0.29, 0.717) is 6.42 Å². The van der Waals surface area contributed by atoms with E-state index in [4.69, 9.17) is 0 Å². The summed E-state index contributed by atoms with van der Waals surface area (Å²) in [5.74, 6) is 0.103. The molecule has 0 aliphatic heterocycles. The van der Waals surface area contributed by atoms with E-state index in [2.05, 4.69) is 15.9 Å². The Morgan fingerprint density at radius 2 is 1.67 bits per heavy atom. The first-order valence-electron chi connectivity index (χ1n) is 5.75. The van der Waals surface area contributed by atoms with E-state index in [1.807, 2.05) is 60.7 Å². The molecule has 2 aromatic rings. The molecule has 0 bridgehead atoms. The molecular weight excluding hydrogens is 288 g/mol. The average Bonchev–Trinajstić information content (AvgIpc) is 2.40. The van der Waals surface area contributed by atoms with Gasteiger partial charge in [0.05, 0.1) is 0 Å². The van der Waals surface area contributed by atoms with Crippen molar-refractivity contribution in [3.63, 3.8) is 0 Å². The minimum atomic E-state index is 0.103. The highest BCUT2D eigenvalue weighted by Gasteiger charge is 2.02. The van der Waals surface area contributed by atoms with Crippen LogP contribution in [0.4, 0.5) is 0 Å². The Bertz CT molecular complexity index is 558. The Labute approximate surface area is 115 Å². The van der Waals surface area contributed by atoms with Crippen LogP contribution in [0.5, 0.6) is 0 Å². The lowest BCUT2D eigenvalue weighted by molar-refractivity contribution is -0.113. The molecule has 0 aliphatic rings. The van der Waals surface area contributed by atoms with Crippen molar-refractivity contribution in [3.8, 4) is 0 Å². The Morgan fingerprint density at radius 1 is 1.00 bits per heavy atom. The summed E-state index contributed by atoms with van der Waals surface area (Å²) in [5.41, 5.74) is 2.05. The summed E-state index contributed by atoms with van der Waals surface area (Å²) < 4.78 is 0.978. The molecular formula is C16H13BrO. The van der Waals surface area contributed by atoms with Crippen molar-refractivity contribution in [2.45, 2.75) is 6.42 Å². The monoisotopic (exact) mass is 300 g/mol. The summed E-state index contributed by atoms with van der Waals surface area (Å²) in [6.07, 6.45) is 3.90. The molecule has 2 aromatic carbocycles. The molecule has 0 radical (unpaired) electrons. The quantitative estimate of drug-likeness (QED) is 0.771. The van der Waals surface area contributed by atoms with E-state index >= 15 is 0 Å². The van der Waals surface area contributed by atoms with Crippen molar-refractivity contribution in [3.05, 3.63) is 76.3 Å². The number of benzene rings is 2. The van der Waals surface area contributed by atoms with Crippen LogP contribution >= 0.6 is 15.9 Å². The Kier molecular flexibility index (Phi) is 4.48. The zero-order chi connectivity index (χ0) is 12.8. The number of rotatable bonds is 4. The van der Waals surface area contributed by atoms with Crippen LogP contribution < -0.4 is 0 Å². The predicted octanol–water partition coefficient (Wildman–Crippen LogP) is 4.27. The van der Waals surface area contributed by atoms with E-state index in [1.54, 1.807) is 6.08 Å². The molecule has 18 heavy (non-hydrogen) atoms. The SMILES string of the molecule is O=C(/C=C/c1ccccc1)Cc1ccccc1Br. The highest BCUT2D eigenvalue weighted by atomic mass is 79.9. The highest BCUT2D eigenvalue weighted by Crippen LogP contribution is 2.16. The molecule has 2 rings (SSSR count). The maximum atomic E-state index is 11.8. The molecule has 2 heteroatoms. The van der Waals surface area contributed by atoms with Gasteiger partial charge in [0, 0.05) is 10.9 Å². The van der Waals surface area contributed by atoms with Crippen LogP contribution in [-0.4, -0.2) is 5.78 Å². The lowest BCUT2D eigenvalue weighted by Gasteiger charge is -2.00. The van der Waals surface area contributed by atoms with Gasteiger partial charge in [-0.05, 0) is 23.3 Å². The van der Waals surface area contributed by atoms with Gasteiger partial charge < -0.3 is 0 Å². The number of hydrogen-bond donors (Lipinski definition) is 0. The number of halogens is 1. The molecule has 0 spiro atoms. The standard InChI is InChI=1S/C16H13BrO/c17-16-9-5-4-8-14(16)12-15(18)11-10-13-6-2-1-3-7-13/h1-11H,12H2/b11-10+. The number of ketones is 1. The first-order chi connectivity index (χ1) is 8.75. The maximum absolute atomic E-state index is 11.8. The van der Waals surface area contributed by atoms with Crippen molar-refractivity contribution in [1.29, 1.82) is 0 Å². The third-order valence-electron chi connectivity index (χ3n) is 2.58. The highest BCUT2D eigenvalue weighted by molar-refractivity contribution is 9.10. The van der Waals surface area contributed by atoms with E-state index < -0.39 is 0 Å². The Morgan fingerprint density at radius 3 is 2.39 bits per heavy atom. The molecule has 0 saturated carbocycles. The lowest BCUT2D eigenvalue weighted by atomic mass is 10.1. The van der Waals surface area contributed by atoms with Crippen molar-refractivity contribution in [2.24, 2.45) is 0 Å². The smallest absolute Gasteiger partial charge is 0.160 e. The van der Waals surface area contributed by atoms with Crippen molar-refractivity contribution in [2.75, 3.05) is 0 Å². The largest absolute Gasteiger partial charge is 0.294 e. The maximum Gasteiger partial charge on any atom is 0.160 e. The van der Waals surface area contributed by atoms with Crippen LogP contribution in [0.2, 0.25) is 0 Å². The van der Waals surface area contributed by atoms with Crippen LogP contribution in [0, 0.1) is 0 Å². The van der Waals surface area contributed by atoms with Crippen LogP contribution in [0.25, 0.3) is 6.08 Å². The van der Waals surface area contributed by atoms with E-state index in [0.717, 1.165) is 15.6 Å². The fourth-order valence-corrected chi connectivity index (χ4v) is 2.07. The second-order valence-corrected chi connectivity index (χ2v) is 4.83. The molecule has 0 N–H and O–H groups in total. The van der Waals surface area contributed by atoms with Gasteiger partial charge in [0.25, 0.3) is 0 Å². The summed E-state index contributed by atoms with van der Waals surface area (Å²) in [4.78, 5) is 11.8. The number of allylic oxidation sites excluding steroid dienone is 1. The van der Waals surface area contributed by atoms with Crippen LogP contribution in [0.3, 0.4) is 0 Å². The average molecular weight is 301 g/mol. The summed E-state index contributed by atoms with van der Waals surface area (Å²) in [6.45, 7) is 0. The minimum Gasteiger partial charge on any atom is -0.294 e. The summed E-state index contributed by atoms with van der Waals surface area (Å²) in [6, 6.07) is 17.6. The second kappa shape index (κ2) is 6.31. The molecule has 1 nitrogen and oxygen atoms in total. The van der Waals surface area contributed by atoms with Crippen molar-refractivity contribution in [1.82, 2.24) is 0 Å². The van der Waals surface area contributed by atoms with Crippen LogP contribution in [0.1, 0.15) is 11.1 Å². The predicted molar refractivity (Wildman–Crippen MR) is 78.3 cm³/mol. The number of carbonyl (C=O) groups is 1. The van der Waals surface area contributed by atoms with Crippen molar-refractivity contribution < 1.29 is 4.79 Å². The van der Waals surface area contributed by atoms with Crippen LogP contribution in [-0.2, 0) is 11.2 Å². The van der Waals surface area contributed by atoms with Gasteiger partial charge in [0.1, 0.15) is 0 Å². The van der Waals surface area contributed by atoms with Gasteiger partial charge in [-0.3, -0.25) is 4.79 Å². The topological polar surface area (TPSA) is 17.1 Å². The van der Waals surface area contributed by atoms with Gasteiger partial charge in [-0.25, -0.2) is 0 Å². The normalized spacial score (nSPS) is 10.7. The van der Waals surface area contributed by atoms with Crippen molar-refractivity contribution >= 4 is 27.8 Å². The molecule has 0 fully saturated rings. The van der Waals surface area contributed by atoms with E-state index in [9.17, 15) is 4.79 Å². The molecule has 0 amide bonds. The molecule has 0 unspecified atom stereocenters. The molecule has 0 heterocycles. The molecule has 0 aliphatic carbocycles. The second-order valence-electron chi connectivity index (χ2n) is 3.98. The zero-order valence-electron chi connectivity index (χ0n) is 9.84. The van der Waals surface area contributed by atoms with Gasteiger partial charge >= 0.3 is 0 Å². The van der Waals surface area contributed by atoms with Gasteiger partial charge in [-0.1, -0.05) is 70.5 Å². The molecule has 90 valence electrons. The summed E-state index contributed by atoms with van der Waals surface area (Å²) in [5, 5.41) is 0. The summed E-state index contributed by atoms with van der Waals surface area (Å²) in [7, 11) is 0. The minimum absolute atomic E-state index is 0.103.